The van der Waals surface area contributed by atoms with Crippen LogP contribution in [0.5, 0.6) is 0 Å². The summed E-state index contributed by atoms with van der Waals surface area (Å²) >= 11 is 0. The monoisotopic (exact) mass is 363 g/mol. The molecule has 0 aromatic rings. The molecule has 0 aromatic carbocycles. The zero-order valence-corrected chi connectivity index (χ0v) is 17.9. The Morgan fingerprint density at radius 2 is 1.13 bits per heavy atom. The van der Waals surface area contributed by atoms with Crippen molar-refractivity contribution in [3.05, 3.63) is 0 Å². The molecule has 23 heavy (non-hydrogen) atoms. The summed E-state index contributed by atoms with van der Waals surface area (Å²) in [6.07, 6.45) is 14.3. The Morgan fingerprint density at radius 1 is 0.783 bits per heavy atom. The molecule has 1 amide bonds. The topological polar surface area (TPSA) is 43.1 Å². The summed E-state index contributed by atoms with van der Waals surface area (Å²) in [7, 11) is 4.36. The Hall–Kier alpha value is 0.170. The molecule has 0 aromatic heterocycles. The summed E-state index contributed by atoms with van der Waals surface area (Å²) < 4.78 is 0. The predicted octanol–water partition coefficient (Wildman–Crippen LogP) is 6.97. The molecule has 0 rings (SSSR count). The van der Waals surface area contributed by atoms with E-state index in [0.717, 1.165) is 10.5 Å². The molecule has 4 heteroatoms. The summed E-state index contributed by atoms with van der Waals surface area (Å²) in [6, 6.07) is 0. The number of amides is 1. The van der Waals surface area contributed by atoms with E-state index in [0.29, 0.717) is 6.42 Å². The maximum Gasteiger partial charge on any atom is 0.217 e. The summed E-state index contributed by atoms with van der Waals surface area (Å²) in [5.41, 5.74) is 4.65. The highest BCUT2D eigenvalue weighted by Gasteiger charge is 2.12. The van der Waals surface area contributed by atoms with E-state index in [1.165, 1.54) is 64.2 Å². The molecule has 0 fully saturated rings. The fraction of sp³-hybridized carbons (Fsp3) is 0.947. The number of primary amides is 1. The van der Waals surface area contributed by atoms with Crippen molar-refractivity contribution in [2.75, 3.05) is 0 Å². The van der Waals surface area contributed by atoms with E-state index >= 15 is 0 Å². The van der Waals surface area contributed by atoms with Gasteiger partial charge in [0.15, 0.2) is 0 Å². The van der Waals surface area contributed by atoms with Crippen LogP contribution in [0.15, 0.2) is 0 Å². The van der Waals surface area contributed by atoms with Gasteiger partial charge in [-0.1, -0.05) is 94.7 Å². The van der Waals surface area contributed by atoms with Crippen LogP contribution >= 0.6 is 21.6 Å². The van der Waals surface area contributed by atoms with Gasteiger partial charge in [0.1, 0.15) is 0 Å². The fourth-order valence-corrected chi connectivity index (χ4v) is 5.49. The SMILES string of the molecule is CCC(N)=O.CCCCCC(CC)SSC(CC)CCCCC. The lowest BCUT2D eigenvalue weighted by Gasteiger charge is -2.18. The van der Waals surface area contributed by atoms with Crippen molar-refractivity contribution in [1.29, 1.82) is 0 Å². The average Bonchev–Trinajstić information content (AvgIpc) is 2.56. The molecule has 0 aliphatic heterocycles. The van der Waals surface area contributed by atoms with Crippen molar-refractivity contribution in [2.45, 2.75) is 116 Å². The Labute approximate surface area is 153 Å². The molecule has 0 saturated heterocycles. The quantitative estimate of drug-likeness (QED) is 0.268. The van der Waals surface area contributed by atoms with E-state index < -0.39 is 0 Å². The zero-order valence-electron chi connectivity index (χ0n) is 16.2. The molecule has 0 heterocycles. The molecule has 2 unspecified atom stereocenters. The van der Waals surface area contributed by atoms with Crippen LogP contribution < -0.4 is 5.73 Å². The second kappa shape index (κ2) is 20.2. The molecule has 0 aliphatic carbocycles. The van der Waals surface area contributed by atoms with E-state index in [1.54, 1.807) is 6.92 Å². The van der Waals surface area contributed by atoms with Crippen molar-refractivity contribution in [3.63, 3.8) is 0 Å². The molecule has 2 atom stereocenters. The first-order valence-electron chi connectivity index (χ1n) is 9.65. The molecule has 2 N–H and O–H groups in total. The third-order valence-corrected chi connectivity index (χ3v) is 7.61. The van der Waals surface area contributed by atoms with Crippen molar-refractivity contribution in [3.8, 4) is 0 Å². The summed E-state index contributed by atoms with van der Waals surface area (Å²) in [4.78, 5) is 9.59. The number of rotatable bonds is 14. The second-order valence-electron chi connectivity index (χ2n) is 6.06. The third-order valence-electron chi connectivity index (χ3n) is 3.85. The Balaban J connectivity index is 0. The van der Waals surface area contributed by atoms with E-state index in [-0.39, 0.29) is 5.91 Å². The maximum absolute atomic E-state index is 9.59. The van der Waals surface area contributed by atoms with Crippen LogP contribution in [0.25, 0.3) is 0 Å². The maximum atomic E-state index is 9.59. The van der Waals surface area contributed by atoms with Gasteiger partial charge in [0.2, 0.25) is 5.91 Å². The number of hydrogen-bond donors (Lipinski definition) is 1. The van der Waals surface area contributed by atoms with Crippen LogP contribution in [0, 0.1) is 0 Å². The van der Waals surface area contributed by atoms with Gasteiger partial charge >= 0.3 is 0 Å². The number of carbonyl (C=O) groups is 1. The Morgan fingerprint density at radius 3 is 1.35 bits per heavy atom. The van der Waals surface area contributed by atoms with Gasteiger partial charge in [-0.2, -0.15) is 0 Å². The molecule has 2 nitrogen and oxygen atoms in total. The first kappa shape index (κ1) is 25.4. The summed E-state index contributed by atoms with van der Waals surface area (Å²) in [6.45, 7) is 11.0. The lowest BCUT2D eigenvalue weighted by atomic mass is 10.1. The van der Waals surface area contributed by atoms with Gasteiger partial charge in [0, 0.05) is 16.9 Å². The van der Waals surface area contributed by atoms with E-state index in [1.807, 2.05) is 0 Å². The standard InChI is InChI=1S/C16H34S2.C3H7NO/c1-5-9-11-13-15(7-3)17-18-16(8-4)14-12-10-6-2;1-2-3(4)5/h15-16H,5-14H2,1-4H3;2H2,1H3,(H2,4,5). The van der Waals surface area contributed by atoms with Gasteiger partial charge in [-0.3, -0.25) is 4.79 Å². The molecule has 0 radical (unpaired) electrons. The van der Waals surface area contributed by atoms with Gasteiger partial charge in [-0.15, -0.1) is 0 Å². The van der Waals surface area contributed by atoms with Crippen LogP contribution in [-0.4, -0.2) is 16.4 Å². The normalized spacial score (nSPS) is 13.1. The van der Waals surface area contributed by atoms with E-state index in [4.69, 9.17) is 0 Å². The second-order valence-corrected chi connectivity index (χ2v) is 8.94. The van der Waals surface area contributed by atoms with Gasteiger partial charge in [-0.25, -0.2) is 0 Å². The lowest BCUT2D eigenvalue weighted by Crippen LogP contribution is -2.06. The fourth-order valence-electron chi connectivity index (χ4n) is 2.04. The molecule has 0 saturated carbocycles. The van der Waals surface area contributed by atoms with Crippen molar-refractivity contribution >= 4 is 27.5 Å². The number of unbranched alkanes of at least 4 members (excludes halogenated alkanes) is 4. The number of hydrogen-bond acceptors (Lipinski definition) is 3. The molecular formula is C19H41NOS2. The van der Waals surface area contributed by atoms with Gasteiger partial charge in [-0.05, 0) is 25.7 Å². The highest BCUT2D eigenvalue weighted by molar-refractivity contribution is 8.77. The van der Waals surface area contributed by atoms with Crippen molar-refractivity contribution in [2.24, 2.45) is 5.73 Å². The minimum Gasteiger partial charge on any atom is -0.370 e. The molecular weight excluding hydrogens is 322 g/mol. The Kier molecular flexibility index (Phi) is 22.3. The van der Waals surface area contributed by atoms with Crippen LogP contribution in [0.2, 0.25) is 0 Å². The molecule has 0 spiro atoms. The largest absolute Gasteiger partial charge is 0.370 e. The van der Waals surface area contributed by atoms with Crippen molar-refractivity contribution < 1.29 is 4.79 Å². The highest BCUT2D eigenvalue weighted by Crippen LogP contribution is 2.38. The van der Waals surface area contributed by atoms with Gasteiger partial charge in [0.25, 0.3) is 0 Å². The zero-order chi connectivity index (χ0) is 17.9. The van der Waals surface area contributed by atoms with Crippen LogP contribution in [0.1, 0.15) is 105 Å². The average molecular weight is 364 g/mol. The van der Waals surface area contributed by atoms with Gasteiger partial charge in [0.05, 0.1) is 0 Å². The minimum atomic E-state index is -0.245. The Bertz CT molecular complexity index is 232. The molecule has 0 aliphatic rings. The first-order valence-corrected chi connectivity index (χ1v) is 11.9. The smallest absolute Gasteiger partial charge is 0.217 e. The molecule has 140 valence electrons. The van der Waals surface area contributed by atoms with E-state index in [9.17, 15) is 4.79 Å². The van der Waals surface area contributed by atoms with Crippen LogP contribution in [-0.2, 0) is 4.79 Å². The molecule has 0 bridgehead atoms. The highest BCUT2D eigenvalue weighted by atomic mass is 33.1. The number of nitrogens with two attached hydrogens (primary N) is 1. The number of carbonyl (C=O) groups excluding carboxylic acids is 1. The van der Waals surface area contributed by atoms with E-state index in [2.05, 4.69) is 55.0 Å². The predicted molar refractivity (Wildman–Crippen MR) is 111 cm³/mol. The minimum absolute atomic E-state index is 0.245. The summed E-state index contributed by atoms with van der Waals surface area (Å²) in [5, 5.41) is 1.78. The lowest BCUT2D eigenvalue weighted by molar-refractivity contribution is -0.117. The third kappa shape index (κ3) is 20.1. The van der Waals surface area contributed by atoms with Crippen molar-refractivity contribution in [1.82, 2.24) is 0 Å². The van der Waals surface area contributed by atoms with Gasteiger partial charge < -0.3 is 5.73 Å². The van der Waals surface area contributed by atoms with Crippen LogP contribution in [0.3, 0.4) is 0 Å². The summed E-state index contributed by atoms with van der Waals surface area (Å²) in [5.74, 6) is -0.245. The first-order chi connectivity index (χ1) is 11.0. The van der Waals surface area contributed by atoms with Crippen LogP contribution in [0.4, 0.5) is 0 Å².